The Morgan fingerprint density at radius 2 is 2.00 bits per heavy atom. The molecule has 2 heteroatoms. The van der Waals surface area contributed by atoms with Crippen LogP contribution in [0.4, 0.5) is 0 Å². The van der Waals surface area contributed by atoms with Crippen molar-refractivity contribution in [1.29, 1.82) is 0 Å². The lowest BCUT2D eigenvalue weighted by atomic mass is 9.75. The first-order valence-corrected chi connectivity index (χ1v) is 6.96. The van der Waals surface area contributed by atoms with Crippen molar-refractivity contribution in [1.82, 2.24) is 0 Å². The average Bonchev–Trinajstić information content (AvgIpc) is 2.28. The smallest absolute Gasteiger partial charge is 0.125 e. The Bertz CT molecular complexity index is 459. The maximum absolute atomic E-state index is 10.3. The highest BCUT2D eigenvalue weighted by atomic mass is 16.5. The molecule has 1 fully saturated rings. The number of ether oxygens (including phenoxy) is 1. The summed E-state index contributed by atoms with van der Waals surface area (Å²) in [5, 5.41) is 10.3. The number of aliphatic hydroxyl groups excluding tert-OH is 1. The summed E-state index contributed by atoms with van der Waals surface area (Å²) in [6, 6.07) is 6.49. The van der Waals surface area contributed by atoms with Gasteiger partial charge in [-0.3, -0.25) is 0 Å². The molecule has 2 bridgehead atoms. The molecular formula is C16H22O2. The molecule has 1 heterocycles. The monoisotopic (exact) mass is 246 g/mol. The third kappa shape index (κ3) is 1.83. The van der Waals surface area contributed by atoms with Gasteiger partial charge in [-0.1, -0.05) is 32.9 Å². The van der Waals surface area contributed by atoms with Crippen LogP contribution < -0.4 is 4.74 Å². The third-order valence-electron chi connectivity index (χ3n) is 4.35. The third-order valence-corrected chi connectivity index (χ3v) is 4.35. The molecule has 1 aromatic rings. The van der Waals surface area contributed by atoms with Gasteiger partial charge in [0.05, 0.1) is 6.10 Å². The predicted molar refractivity (Wildman–Crippen MR) is 72.2 cm³/mol. The Kier molecular flexibility index (Phi) is 2.67. The van der Waals surface area contributed by atoms with Gasteiger partial charge in [0.1, 0.15) is 11.9 Å². The first-order chi connectivity index (χ1) is 8.47. The molecule has 1 N–H and O–H groups in total. The molecule has 1 aliphatic heterocycles. The number of benzene rings is 1. The number of fused-ring (bicyclic) bond motifs is 4. The van der Waals surface area contributed by atoms with Crippen molar-refractivity contribution in [3.63, 3.8) is 0 Å². The molecule has 18 heavy (non-hydrogen) atoms. The molecule has 1 saturated carbocycles. The van der Waals surface area contributed by atoms with E-state index in [4.69, 9.17) is 4.74 Å². The van der Waals surface area contributed by atoms with Crippen LogP contribution in [0.1, 0.15) is 57.1 Å². The van der Waals surface area contributed by atoms with Crippen LogP contribution >= 0.6 is 0 Å². The summed E-state index contributed by atoms with van der Waals surface area (Å²) in [5.41, 5.74) is 2.68. The minimum absolute atomic E-state index is 0.0109. The summed E-state index contributed by atoms with van der Waals surface area (Å²) in [4.78, 5) is 0. The van der Waals surface area contributed by atoms with E-state index in [0.29, 0.717) is 0 Å². The van der Waals surface area contributed by atoms with Gasteiger partial charge >= 0.3 is 0 Å². The van der Waals surface area contributed by atoms with Crippen LogP contribution in [0, 0.1) is 0 Å². The summed E-state index contributed by atoms with van der Waals surface area (Å²) < 4.78 is 5.93. The molecule has 0 radical (unpaired) electrons. The van der Waals surface area contributed by atoms with Crippen LogP contribution in [-0.4, -0.2) is 17.3 Å². The zero-order chi connectivity index (χ0) is 12.9. The first-order valence-electron chi connectivity index (χ1n) is 6.96. The van der Waals surface area contributed by atoms with E-state index in [1.165, 1.54) is 11.1 Å². The fourth-order valence-corrected chi connectivity index (χ4v) is 3.18. The molecular weight excluding hydrogens is 224 g/mol. The van der Waals surface area contributed by atoms with Gasteiger partial charge in [-0.2, -0.15) is 0 Å². The Morgan fingerprint density at radius 3 is 2.72 bits per heavy atom. The zero-order valence-electron chi connectivity index (χ0n) is 11.4. The second-order valence-corrected chi connectivity index (χ2v) is 6.69. The standard InChI is InChI=1S/C16H22O2/c1-16(2,3)10-7-8-13-12(9-10)11-5-4-6-14(18-13)15(11)17/h7-9,11,14-15,17H,4-6H2,1-3H3/t11-,14-,15-/m1/s1. The van der Waals surface area contributed by atoms with E-state index in [0.717, 1.165) is 25.0 Å². The fraction of sp³-hybridized carbons (Fsp3) is 0.625. The number of hydrogen-bond donors (Lipinski definition) is 1. The largest absolute Gasteiger partial charge is 0.487 e. The lowest BCUT2D eigenvalue weighted by Crippen LogP contribution is -2.43. The Labute approximate surface area is 109 Å². The van der Waals surface area contributed by atoms with Crippen LogP contribution in [0.2, 0.25) is 0 Å². The van der Waals surface area contributed by atoms with Crippen molar-refractivity contribution in [3.8, 4) is 5.75 Å². The van der Waals surface area contributed by atoms with Gasteiger partial charge in [-0.05, 0) is 36.3 Å². The first kappa shape index (κ1) is 12.0. The van der Waals surface area contributed by atoms with Crippen molar-refractivity contribution in [2.75, 3.05) is 0 Å². The van der Waals surface area contributed by atoms with Crippen molar-refractivity contribution >= 4 is 0 Å². The highest BCUT2D eigenvalue weighted by Crippen LogP contribution is 2.45. The van der Waals surface area contributed by atoms with Crippen molar-refractivity contribution < 1.29 is 9.84 Å². The normalized spacial score (nSPS) is 30.6. The molecule has 0 aromatic heterocycles. The lowest BCUT2D eigenvalue weighted by Gasteiger charge is -2.41. The van der Waals surface area contributed by atoms with Gasteiger partial charge in [0.15, 0.2) is 0 Å². The molecule has 0 unspecified atom stereocenters. The van der Waals surface area contributed by atoms with E-state index >= 15 is 0 Å². The number of hydrogen-bond acceptors (Lipinski definition) is 2. The lowest BCUT2D eigenvalue weighted by molar-refractivity contribution is -0.0247. The second-order valence-electron chi connectivity index (χ2n) is 6.69. The summed E-state index contributed by atoms with van der Waals surface area (Å²) in [6.45, 7) is 6.66. The van der Waals surface area contributed by atoms with E-state index in [9.17, 15) is 5.11 Å². The van der Waals surface area contributed by atoms with E-state index in [2.05, 4.69) is 39.0 Å². The van der Waals surface area contributed by atoms with Crippen LogP contribution in [0.25, 0.3) is 0 Å². The Balaban J connectivity index is 2.05. The highest BCUT2D eigenvalue weighted by molar-refractivity contribution is 5.44. The minimum Gasteiger partial charge on any atom is -0.487 e. The number of aliphatic hydroxyl groups is 1. The summed E-state index contributed by atoms with van der Waals surface area (Å²) in [7, 11) is 0. The highest BCUT2D eigenvalue weighted by Gasteiger charge is 2.40. The van der Waals surface area contributed by atoms with E-state index < -0.39 is 0 Å². The molecule has 98 valence electrons. The molecule has 0 saturated heterocycles. The molecule has 0 spiro atoms. The van der Waals surface area contributed by atoms with Gasteiger partial charge in [0.2, 0.25) is 0 Å². The van der Waals surface area contributed by atoms with Crippen LogP contribution in [-0.2, 0) is 5.41 Å². The van der Waals surface area contributed by atoms with Crippen molar-refractivity contribution in [3.05, 3.63) is 29.3 Å². The van der Waals surface area contributed by atoms with Crippen LogP contribution in [0.3, 0.4) is 0 Å². The molecule has 3 atom stereocenters. The van der Waals surface area contributed by atoms with Crippen LogP contribution in [0.15, 0.2) is 18.2 Å². The second kappa shape index (κ2) is 3.99. The molecule has 2 aliphatic rings. The zero-order valence-corrected chi connectivity index (χ0v) is 11.4. The average molecular weight is 246 g/mol. The molecule has 0 amide bonds. The van der Waals surface area contributed by atoms with E-state index in [1.807, 2.05) is 0 Å². The van der Waals surface area contributed by atoms with E-state index in [1.54, 1.807) is 0 Å². The predicted octanol–water partition coefficient (Wildman–Crippen LogP) is 3.37. The van der Waals surface area contributed by atoms with E-state index in [-0.39, 0.29) is 23.5 Å². The summed E-state index contributed by atoms with van der Waals surface area (Å²) >= 11 is 0. The molecule has 1 aliphatic carbocycles. The van der Waals surface area contributed by atoms with Crippen molar-refractivity contribution in [2.24, 2.45) is 0 Å². The molecule has 2 nitrogen and oxygen atoms in total. The molecule has 3 rings (SSSR count). The Morgan fingerprint density at radius 1 is 1.22 bits per heavy atom. The van der Waals surface area contributed by atoms with Crippen molar-refractivity contribution in [2.45, 2.75) is 63.6 Å². The topological polar surface area (TPSA) is 29.5 Å². The quantitative estimate of drug-likeness (QED) is 0.760. The maximum atomic E-state index is 10.3. The van der Waals surface area contributed by atoms with Crippen LogP contribution in [0.5, 0.6) is 5.75 Å². The van der Waals surface area contributed by atoms with Gasteiger partial charge in [0.25, 0.3) is 0 Å². The SMILES string of the molecule is CC(C)(C)c1ccc2c(c1)[C@H]1CCC[C@@H](O2)[C@@H]1O. The minimum atomic E-state index is -0.318. The number of rotatable bonds is 0. The Hall–Kier alpha value is -1.02. The summed E-state index contributed by atoms with van der Waals surface area (Å²) in [6.07, 6.45) is 2.92. The van der Waals surface area contributed by atoms with Gasteiger partial charge in [0, 0.05) is 11.5 Å². The van der Waals surface area contributed by atoms with Gasteiger partial charge in [-0.15, -0.1) is 0 Å². The summed E-state index contributed by atoms with van der Waals surface area (Å²) in [5.74, 6) is 1.26. The fourth-order valence-electron chi connectivity index (χ4n) is 3.18. The molecule has 1 aromatic carbocycles. The maximum Gasteiger partial charge on any atom is 0.125 e. The van der Waals surface area contributed by atoms with Gasteiger partial charge < -0.3 is 9.84 Å². The van der Waals surface area contributed by atoms with Gasteiger partial charge in [-0.25, -0.2) is 0 Å².